The molecule has 0 amide bonds. The molecule has 0 aliphatic rings. The number of H-pyrrole nitrogens is 1. The maximum absolute atomic E-state index is 13.3. The van der Waals surface area contributed by atoms with Crippen molar-refractivity contribution in [1.29, 1.82) is 0 Å². The van der Waals surface area contributed by atoms with Gasteiger partial charge in [0.25, 0.3) is 0 Å². The topological polar surface area (TPSA) is 65.1 Å². The van der Waals surface area contributed by atoms with Crippen LogP contribution >= 0.6 is 11.3 Å². The second kappa shape index (κ2) is 8.59. The van der Waals surface area contributed by atoms with Gasteiger partial charge in [0.05, 0.1) is 6.54 Å². The van der Waals surface area contributed by atoms with E-state index < -0.39 is 11.9 Å². The van der Waals surface area contributed by atoms with Gasteiger partial charge in [0.1, 0.15) is 10.8 Å². The van der Waals surface area contributed by atoms with Crippen LogP contribution in [0.1, 0.15) is 23.2 Å². The lowest BCUT2D eigenvalue weighted by Crippen LogP contribution is -2.38. The van der Waals surface area contributed by atoms with Crippen molar-refractivity contribution in [2.75, 3.05) is 13.1 Å². The standard InChI is InChI=1S/C18H19F4N5S/c1-2-23-17(26-9-16-27-15(10-28-16)18(20,21)22)24-6-5-11-8-25-14-7-12(19)3-4-13(11)14/h3-4,7-8,10,25H,2,5-6,9H2,1H3,(H2,23,24,26). The minimum atomic E-state index is -4.44. The summed E-state index contributed by atoms with van der Waals surface area (Å²) >= 11 is 0.932. The molecule has 0 fully saturated rings. The summed E-state index contributed by atoms with van der Waals surface area (Å²) < 4.78 is 51.1. The fraction of sp³-hybridized carbons (Fsp3) is 0.333. The Morgan fingerprint density at radius 2 is 2.11 bits per heavy atom. The van der Waals surface area contributed by atoms with Crippen molar-refractivity contribution < 1.29 is 17.6 Å². The van der Waals surface area contributed by atoms with Gasteiger partial charge in [-0.05, 0) is 37.1 Å². The fourth-order valence-corrected chi connectivity index (χ4v) is 3.41. The third kappa shape index (κ3) is 5.00. The highest BCUT2D eigenvalue weighted by atomic mass is 32.1. The van der Waals surface area contributed by atoms with E-state index in [1.165, 1.54) is 12.1 Å². The predicted molar refractivity (Wildman–Crippen MR) is 102 cm³/mol. The van der Waals surface area contributed by atoms with Crippen LogP contribution in [0.25, 0.3) is 10.9 Å². The lowest BCUT2D eigenvalue weighted by Gasteiger charge is -2.10. The monoisotopic (exact) mass is 413 g/mol. The minimum absolute atomic E-state index is 0.0580. The zero-order valence-corrected chi connectivity index (χ0v) is 15.8. The van der Waals surface area contributed by atoms with E-state index in [0.717, 1.165) is 33.2 Å². The molecule has 150 valence electrons. The molecule has 0 unspecified atom stereocenters. The summed E-state index contributed by atoms with van der Waals surface area (Å²) in [5.41, 5.74) is 0.879. The summed E-state index contributed by atoms with van der Waals surface area (Å²) in [6, 6.07) is 4.60. The summed E-state index contributed by atoms with van der Waals surface area (Å²) in [7, 11) is 0. The first-order chi connectivity index (χ1) is 13.4. The molecule has 0 saturated heterocycles. The van der Waals surface area contributed by atoms with Gasteiger partial charge in [-0.15, -0.1) is 11.3 Å². The molecule has 0 atom stereocenters. The normalized spacial score (nSPS) is 12.5. The average Bonchev–Trinajstić information content (AvgIpc) is 3.26. The van der Waals surface area contributed by atoms with E-state index in [4.69, 9.17) is 0 Å². The smallest absolute Gasteiger partial charge is 0.361 e. The molecular weight excluding hydrogens is 394 g/mol. The fourth-order valence-electron chi connectivity index (χ4n) is 2.68. The lowest BCUT2D eigenvalue weighted by molar-refractivity contribution is -0.140. The van der Waals surface area contributed by atoms with Crippen molar-refractivity contribution in [2.45, 2.75) is 26.1 Å². The summed E-state index contributed by atoms with van der Waals surface area (Å²) in [5, 5.41) is 8.44. The van der Waals surface area contributed by atoms with E-state index in [-0.39, 0.29) is 12.4 Å². The van der Waals surface area contributed by atoms with E-state index >= 15 is 0 Å². The van der Waals surface area contributed by atoms with E-state index in [0.29, 0.717) is 30.5 Å². The molecule has 5 nitrogen and oxygen atoms in total. The first-order valence-electron chi connectivity index (χ1n) is 8.66. The number of hydrogen-bond donors (Lipinski definition) is 3. The van der Waals surface area contributed by atoms with Crippen molar-refractivity contribution in [3.8, 4) is 0 Å². The van der Waals surface area contributed by atoms with Gasteiger partial charge >= 0.3 is 6.18 Å². The molecule has 0 radical (unpaired) electrons. The number of fused-ring (bicyclic) bond motifs is 1. The highest BCUT2D eigenvalue weighted by Crippen LogP contribution is 2.30. The van der Waals surface area contributed by atoms with Crippen molar-refractivity contribution in [3.63, 3.8) is 0 Å². The molecule has 3 rings (SSSR count). The van der Waals surface area contributed by atoms with Gasteiger partial charge in [-0.1, -0.05) is 0 Å². The lowest BCUT2D eigenvalue weighted by atomic mass is 10.1. The van der Waals surface area contributed by atoms with Gasteiger partial charge in [0.15, 0.2) is 11.7 Å². The predicted octanol–water partition coefficient (Wildman–Crippen LogP) is 4.08. The number of hydrogen-bond acceptors (Lipinski definition) is 3. The Kier molecular flexibility index (Phi) is 6.18. The van der Waals surface area contributed by atoms with Gasteiger partial charge in [-0.25, -0.2) is 14.4 Å². The van der Waals surface area contributed by atoms with Crippen LogP contribution in [0.5, 0.6) is 0 Å². The third-order valence-corrected chi connectivity index (χ3v) is 4.81. The molecule has 0 aliphatic carbocycles. The SMILES string of the molecule is CCNC(=NCc1nc(C(F)(F)F)cs1)NCCc1c[nH]c2cc(F)ccc12. The van der Waals surface area contributed by atoms with Crippen molar-refractivity contribution in [1.82, 2.24) is 20.6 Å². The van der Waals surface area contributed by atoms with E-state index in [2.05, 4.69) is 25.6 Å². The second-order valence-corrected chi connectivity index (χ2v) is 6.94. The third-order valence-electron chi connectivity index (χ3n) is 3.98. The molecule has 0 saturated carbocycles. The van der Waals surface area contributed by atoms with Crippen molar-refractivity contribution in [3.05, 3.63) is 51.9 Å². The molecule has 3 N–H and O–H groups in total. The van der Waals surface area contributed by atoms with Crippen LogP contribution in [-0.4, -0.2) is 29.0 Å². The van der Waals surface area contributed by atoms with Crippen LogP contribution < -0.4 is 10.6 Å². The summed E-state index contributed by atoms with van der Waals surface area (Å²) in [6.45, 7) is 3.13. The second-order valence-electron chi connectivity index (χ2n) is 6.00. The Bertz CT molecular complexity index is 960. The quantitative estimate of drug-likeness (QED) is 0.324. The van der Waals surface area contributed by atoms with E-state index in [1.807, 2.05) is 13.1 Å². The zero-order valence-electron chi connectivity index (χ0n) is 15.0. The largest absolute Gasteiger partial charge is 0.434 e. The van der Waals surface area contributed by atoms with E-state index in [9.17, 15) is 17.6 Å². The van der Waals surface area contributed by atoms with Crippen LogP contribution in [0.15, 0.2) is 34.8 Å². The maximum atomic E-state index is 13.3. The Labute approximate surface area is 162 Å². The van der Waals surface area contributed by atoms with Crippen LogP contribution in [0.2, 0.25) is 0 Å². The molecule has 0 bridgehead atoms. The first-order valence-corrected chi connectivity index (χ1v) is 9.54. The summed E-state index contributed by atoms with van der Waals surface area (Å²) in [4.78, 5) is 10.9. The Morgan fingerprint density at radius 3 is 2.82 bits per heavy atom. The van der Waals surface area contributed by atoms with Crippen LogP contribution in [0.4, 0.5) is 17.6 Å². The van der Waals surface area contributed by atoms with Crippen molar-refractivity contribution in [2.24, 2.45) is 4.99 Å². The van der Waals surface area contributed by atoms with Gasteiger partial charge in [-0.3, -0.25) is 0 Å². The number of halogens is 4. The van der Waals surface area contributed by atoms with Gasteiger partial charge in [-0.2, -0.15) is 13.2 Å². The van der Waals surface area contributed by atoms with Crippen molar-refractivity contribution >= 4 is 28.2 Å². The molecule has 0 spiro atoms. The summed E-state index contributed by atoms with van der Waals surface area (Å²) in [6.07, 6.45) is -1.93. The summed E-state index contributed by atoms with van der Waals surface area (Å²) in [5.74, 6) is 0.202. The molecule has 2 aromatic heterocycles. The number of alkyl halides is 3. The highest BCUT2D eigenvalue weighted by molar-refractivity contribution is 7.09. The van der Waals surface area contributed by atoms with Gasteiger partial charge in [0, 0.05) is 35.6 Å². The Balaban J connectivity index is 1.59. The molecule has 0 aliphatic heterocycles. The Morgan fingerprint density at radius 1 is 1.29 bits per heavy atom. The number of aromatic amines is 1. The number of thiazole rings is 1. The number of benzene rings is 1. The number of aliphatic imine (C=N–C) groups is 1. The number of aromatic nitrogens is 2. The molecular formula is C18H19F4N5S. The minimum Gasteiger partial charge on any atom is -0.361 e. The number of rotatable bonds is 6. The number of nitrogens with one attached hydrogen (secondary N) is 3. The molecule has 28 heavy (non-hydrogen) atoms. The molecule has 3 aromatic rings. The van der Waals surface area contributed by atoms with Gasteiger partial charge < -0.3 is 15.6 Å². The van der Waals surface area contributed by atoms with Crippen LogP contribution in [0.3, 0.4) is 0 Å². The maximum Gasteiger partial charge on any atom is 0.434 e. The number of guanidine groups is 1. The van der Waals surface area contributed by atoms with Crippen LogP contribution in [-0.2, 0) is 19.1 Å². The van der Waals surface area contributed by atoms with E-state index in [1.54, 1.807) is 6.07 Å². The van der Waals surface area contributed by atoms with Crippen LogP contribution in [0, 0.1) is 5.82 Å². The zero-order chi connectivity index (χ0) is 20.1. The Hall–Kier alpha value is -2.62. The number of nitrogens with zero attached hydrogens (tertiary/aromatic N) is 2. The molecule has 1 aromatic carbocycles. The molecule has 2 heterocycles. The van der Waals surface area contributed by atoms with Gasteiger partial charge in [0.2, 0.25) is 0 Å². The highest BCUT2D eigenvalue weighted by Gasteiger charge is 2.33. The first kappa shape index (κ1) is 20.1. The molecule has 10 heteroatoms. The average molecular weight is 413 g/mol.